The summed E-state index contributed by atoms with van der Waals surface area (Å²) in [7, 11) is -2.47. The fraction of sp³-hybridized carbons (Fsp3) is 1.00. The van der Waals surface area contributed by atoms with Crippen molar-refractivity contribution in [2.75, 3.05) is 6.61 Å². The van der Waals surface area contributed by atoms with Crippen molar-refractivity contribution in [1.29, 1.82) is 0 Å². The summed E-state index contributed by atoms with van der Waals surface area (Å²) in [5, 5.41) is 0. The zero-order chi connectivity index (χ0) is 31.3. The molecule has 0 aromatic rings. The topological polar surface area (TPSA) is 9.23 Å². The quantitative estimate of drug-likeness (QED) is 0.163. The molecule has 3 heteroatoms. The minimum absolute atomic E-state index is 0.0203. The fourth-order valence-electron chi connectivity index (χ4n) is 12.3. The lowest BCUT2D eigenvalue weighted by Gasteiger charge is -2.49. The van der Waals surface area contributed by atoms with E-state index in [0.717, 1.165) is 53.6 Å². The molecule has 5 aliphatic carbocycles. The van der Waals surface area contributed by atoms with E-state index in [1.165, 1.54) is 37.6 Å². The molecule has 0 N–H and O–H groups in total. The van der Waals surface area contributed by atoms with Gasteiger partial charge in [0.05, 0.1) is 13.7 Å². The first-order valence-electron chi connectivity index (χ1n) is 20.0. The van der Waals surface area contributed by atoms with Crippen LogP contribution in [0.1, 0.15) is 150 Å². The first kappa shape index (κ1) is 36.2. The monoisotopic (exact) mass is 631 g/mol. The summed E-state index contributed by atoms with van der Waals surface area (Å²) in [6.45, 7) is 22.9. The van der Waals surface area contributed by atoms with Gasteiger partial charge in [-0.25, -0.2) is 0 Å². The maximum absolute atomic E-state index is 6.08. The van der Waals surface area contributed by atoms with E-state index in [2.05, 4.69) is 60.8 Å². The van der Waals surface area contributed by atoms with E-state index in [9.17, 15) is 0 Å². The second-order valence-electron chi connectivity index (χ2n) is 19.1. The highest BCUT2D eigenvalue weighted by molar-refractivity contribution is 6.81. The highest BCUT2D eigenvalue weighted by Crippen LogP contribution is 2.69. The number of unbranched alkanes of at least 4 members (excludes halogenated alkanes) is 3. The average molecular weight is 631 g/mol. The Morgan fingerprint density at radius 1 is 0.605 bits per heavy atom. The van der Waals surface area contributed by atoms with Crippen LogP contribution < -0.4 is 0 Å². The summed E-state index contributed by atoms with van der Waals surface area (Å²) in [5.74, 6) is 7.86. The van der Waals surface area contributed by atoms with E-state index in [1.54, 1.807) is 95.6 Å². The molecule has 0 radical (unpaired) electrons. The molecule has 43 heavy (non-hydrogen) atoms. The second-order valence-corrected chi connectivity index (χ2v) is 29.5. The van der Waals surface area contributed by atoms with Gasteiger partial charge in [0, 0.05) is 14.7 Å². The van der Waals surface area contributed by atoms with Crippen molar-refractivity contribution in [1.82, 2.24) is 0 Å². The van der Waals surface area contributed by atoms with Gasteiger partial charge in [0.1, 0.15) is 0 Å². The zero-order valence-electron chi connectivity index (χ0n) is 31.0. The first-order valence-corrected chi connectivity index (χ1v) is 26.6. The highest BCUT2D eigenvalue weighted by Gasteiger charge is 2.62. The molecule has 0 bridgehead atoms. The molecule has 0 aliphatic heterocycles. The summed E-state index contributed by atoms with van der Waals surface area (Å²) >= 11 is 0. The molecule has 0 aromatic carbocycles. The largest absolute Gasteiger partial charge is 0.376 e. The Balaban J connectivity index is 0.00000135. The van der Waals surface area contributed by atoms with E-state index < -0.39 is 16.1 Å². The Hall–Kier alpha value is 0.394. The Bertz CT molecular complexity index is 790. The predicted octanol–water partition coefficient (Wildman–Crippen LogP) is 13.4. The average Bonchev–Trinajstić information content (AvgIpc) is 3.48. The minimum Gasteiger partial charge on any atom is -0.376 e. The van der Waals surface area contributed by atoms with E-state index in [4.69, 9.17) is 4.74 Å². The van der Waals surface area contributed by atoms with Gasteiger partial charge in [-0.1, -0.05) is 136 Å². The van der Waals surface area contributed by atoms with Crippen LogP contribution in [0.15, 0.2) is 0 Å². The molecule has 252 valence electrons. The summed E-state index contributed by atoms with van der Waals surface area (Å²) in [5.41, 5.74) is 2.37. The standard InChI is InChI=1S/C37H70OSi2.C3H8/c1-37(2,3)38-24-16-8-9-17-25-40(7,35-26-28(27-39(4,5)6)29-18-10-13-21-32(29)35)36-33-22-14-11-19-30(33)31-20-12-15-23-34(31)36;1-3-2/h28-36H,8-27H2,1-7H3;3H2,1-2H3/t28?,29?,30?,31?,32?,33?,34?,35?,36?,40-;/m1./s1. The molecule has 0 aromatic heterocycles. The number of fused-ring (bicyclic) bond motifs is 4. The molecule has 5 fully saturated rings. The van der Waals surface area contributed by atoms with Crippen molar-refractivity contribution in [3.8, 4) is 0 Å². The minimum atomic E-state index is -1.44. The Labute approximate surface area is 273 Å². The normalized spacial score (nSPS) is 37.5. The van der Waals surface area contributed by atoms with Crippen LogP contribution in [0.4, 0.5) is 0 Å². The van der Waals surface area contributed by atoms with Crippen LogP contribution in [0.3, 0.4) is 0 Å². The smallest absolute Gasteiger partial charge is 0.0598 e. The van der Waals surface area contributed by atoms with E-state index >= 15 is 0 Å². The molecule has 0 saturated heterocycles. The van der Waals surface area contributed by atoms with Crippen molar-refractivity contribution in [3.63, 3.8) is 0 Å². The van der Waals surface area contributed by atoms with Gasteiger partial charge in [-0.2, -0.15) is 0 Å². The maximum atomic E-state index is 6.08. The van der Waals surface area contributed by atoms with E-state index in [1.807, 2.05) is 0 Å². The summed E-state index contributed by atoms with van der Waals surface area (Å²) in [6, 6.07) is 3.31. The van der Waals surface area contributed by atoms with Crippen molar-refractivity contribution in [2.45, 2.75) is 205 Å². The second kappa shape index (κ2) is 16.0. The lowest BCUT2D eigenvalue weighted by atomic mass is 9.73. The zero-order valence-corrected chi connectivity index (χ0v) is 33.0. The Kier molecular flexibility index (Phi) is 13.5. The van der Waals surface area contributed by atoms with Gasteiger partial charge < -0.3 is 4.74 Å². The van der Waals surface area contributed by atoms with Gasteiger partial charge in [-0.3, -0.25) is 0 Å². The van der Waals surface area contributed by atoms with E-state index in [0.29, 0.717) is 0 Å². The summed E-state index contributed by atoms with van der Waals surface area (Å²) < 4.78 is 6.08. The Morgan fingerprint density at radius 2 is 1.07 bits per heavy atom. The van der Waals surface area contributed by atoms with Crippen molar-refractivity contribution < 1.29 is 4.74 Å². The SMILES string of the molecule is CC(C)(C)OCCCCCC[Si@](C)(C1CC(C[Si](C)(C)C)C2CCCCC21)C1C2CCCCC2C2CCCCC21.CCC. The van der Waals surface area contributed by atoms with Crippen LogP contribution in [0.25, 0.3) is 0 Å². The van der Waals surface area contributed by atoms with Gasteiger partial charge in [0.25, 0.3) is 0 Å². The fourth-order valence-corrected chi connectivity index (χ4v) is 21.6. The van der Waals surface area contributed by atoms with Crippen molar-refractivity contribution in [3.05, 3.63) is 0 Å². The molecule has 5 saturated carbocycles. The van der Waals surface area contributed by atoms with Gasteiger partial charge >= 0.3 is 0 Å². The van der Waals surface area contributed by atoms with E-state index in [-0.39, 0.29) is 5.60 Å². The van der Waals surface area contributed by atoms with Gasteiger partial charge in [-0.05, 0) is 105 Å². The molecule has 0 spiro atoms. The molecule has 5 aliphatic rings. The van der Waals surface area contributed by atoms with Gasteiger partial charge in [0.2, 0.25) is 0 Å². The van der Waals surface area contributed by atoms with Gasteiger partial charge in [0.15, 0.2) is 0 Å². The number of ether oxygens (including phenoxy) is 1. The Morgan fingerprint density at radius 3 is 1.58 bits per heavy atom. The van der Waals surface area contributed by atoms with Crippen LogP contribution in [-0.4, -0.2) is 28.4 Å². The van der Waals surface area contributed by atoms with Crippen molar-refractivity contribution >= 4 is 16.1 Å². The number of hydrogen-bond donors (Lipinski definition) is 0. The van der Waals surface area contributed by atoms with Crippen LogP contribution >= 0.6 is 0 Å². The maximum Gasteiger partial charge on any atom is 0.0598 e. The molecular weight excluding hydrogens is 553 g/mol. The third kappa shape index (κ3) is 9.27. The third-order valence-electron chi connectivity index (χ3n) is 13.4. The molecule has 0 heterocycles. The van der Waals surface area contributed by atoms with Gasteiger partial charge in [-0.15, -0.1) is 0 Å². The van der Waals surface area contributed by atoms with Crippen LogP contribution in [-0.2, 0) is 4.74 Å². The third-order valence-corrected chi connectivity index (χ3v) is 21.3. The molecule has 5 rings (SSSR count). The van der Waals surface area contributed by atoms with Crippen LogP contribution in [0.5, 0.6) is 0 Å². The first-order chi connectivity index (χ1) is 20.4. The summed E-state index contributed by atoms with van der Waals surface area (Å²) in [6.07, 6.45) is 27.6. The molecule has 8 unspecified atom stereocenters. The number of rotatable bonds is 11. The molecular formula is C40H78OSi2. The molecule has 9 atom stereocenters. The highest BCUT2D eigenvalue weighted by atomic mass is 28.3. The van der Waals surface area contributed by atoms with Crippen LogP contribution in [0.2, 0.25) is 49.4 Å². The summed E-state index contributed by atoms with van der Waals surface area (Å²) in [4.78, 5) is 0. The van der Waals surface area contributed by atoms with Crippen molar-refractivity contribution in [2.24, 2.45) is 41.4 Å². The lowest BCUT2D eigenvalue weighted by Crippen LogP contribution is -2.48. The lowest BCUT2D eigenvalue weighted by molar-refractivity contribution is -0.00471. The molecule has 1 nitrogen and oxygen atoms in total. The predicted molar refractivity (Wildman–Crippen MR) is 197 cm³/mol. The van der Waals surface area contributed by atoms with Crippen LogP contribution in [0, 0.1) is 41.4 Å². The molecule has 0 amide bonds. The number of hydrogen-bond acceptors (Lipinski definition) is 1.